The lowest BCUT2D eigenvalue weighted by Crippen LogP contribution is -2.16. The molecule has 0 saturated heterocycles. The van der Waals surface area contributed by atoms with Crippen LogP contribution in [0.3, 0.4) is 0 Å². The first kappa shape index (κ1) is 22.0. The number of ketones is 1. The maximum Gasteiger partial charge on any atom is 0.273 e. The van der Waals surface area contributed by atoms with Crippen molar-refractivity contribution in [1.29, 1.82) is 0 Å². The summed E-state index contributed by atoms with van der Waals surface area (Å²) in [5, 5.41) is 15.3. The third-order valence-corrected chi connectivity index (χ3v) is 5.61. The third-order valence-electron chi connectivity index (χ3n) is 5.61. The summed E-state index contributed by atoms with van der Waals surface area (Å²) in [5.41, 5.74) is 5.07. The van der Waals surface area contributed by atoms with Gasteiger partial charge >= 0.3 is 0 Å². The molecular weight excluding hydrogens is 442 g/mol. The van der Waals surface area contributed by atoms with Crippen LogP contribution < -0.4 is 5.32 Å². The summed E-state index contributed by atoms with van der Waals surface area (Å²) in [5.74, 6) is -0.442. The lowest BCUT2D eigenvalue weighted by atomic mass is 10.0. The average Bonchev–Trinajstić information content (AvgIpc) is 3.54. The number of fused-ring (bicyclic) bond motifs is 1. The van der Waals surface area contributed by atoms with Crippen LogP contribution in [0.5, 0.6) is 0 Å². The molecule has 0 bridgehead atoms. The fraction of sp³-hybridized carbons (Fsp3) is 0.115. The highest BCUT2D eigenvalue weighted by atomic mass is 16.2. The molecule has 3 aromatic heterocycles. The molecule has 0 spiro atoms. The van der Waals surface area contributed by atoms with Crippen LogP contribution >= 0.6 is 0 Å². The van der Waals surface area contributed by atoms with Crippen molar-refractivity contribution in [3.8, 4) is 0 Å². The number of aromatic nitrogens is 6. The molecule has 5 aromatic rings. The molecule has 35 heavy (non-hydrogen) atoms. The van der Waals surface area contributed by atoms with Crippen LogP contribution in [0, 0.1) is 6.92 Å². The zero-order valence-electron chi connectivity index (χ0n) is 19.5. The summed E-state index contributed by atoms with van der Waals surface area (Å²) in [7, 11) is 3.63. The van der Waals surface area contributed by atoms with Crippen molar-refractivity contribution in [2.75, 3.05) is 5.32 Å². The largest absolute Gasteiger partial charge is 0.340 e. The van der Waals surface area contributed by atoms with Gasteiger partial charge in [-0.1, -0.05) is 18.2 Å². The molecule has 9 nitrogen and oxygen atoms in total. The SMILES string of the molecule is Cc1cc(C(=O)Nc2cccc(C(=O)c3ccc4c(/C=C/c5cn(C)cn5)n[nH]c4c3)c2)n(C)n1. The number of nitrogens with one attached hydrogen (secondary N) is 2. The maximum absolute atomic E-state index is 13.2. The molecule has 9 heteroatoms. The number of carbonyl (C=O) groups is 2. The minimum Gasteiger partial charge on any atom is -0.340 e. The van der Waals surface area contributed by atoms with Crippen molar-refractivity contribution in [1.82, 2.24) is 29.5 Å². The van der Waals surface area contributed by atoms with Gasteiger partial charge in [0, 0.05) is 42.5 Å². The number of hydrogen-bond donors (Lipinski definition) is 2. The first-order valence-corrected chi connectivity index (χ1v) is 11.0. The molecule has 174 valence electrons. The number of aryl methyl sites for hydroxylation is 3. The summed E-state index contributed by atoms with van der Waals surface area (Å²) in [6.07, 6.45) is 7.43. The van der Waals surface area contributed by atoms with Crippen LogP contribution in [0.25, 0.3) is 23.1 Å². The Morgan fingerprint density at radius 3 is 2.60 bits per heavy atom. The van der Waals surface area contributed by atoms with Crippen molar-refractivity contribution in [2.24, 2.45) is 14.1 Å². The Labute approximate surface area is 201 Å². The van der Waals surface area contributed by atoms with Gasteiger partial charge in [-0.05, 0) is 49.4 Å². The molecule has 0 radical (unpaired) electrons. The van der Waals surface area contributed by atoms with Gasteiger partial charge in [-0.2, -0.15) is 10.2 Å². The molecule has 0 unspecified atom stereocenters. The maximum atomic E-state index is 13.2. The molecule has 0 aliphatic heterocycles. The molecule has 0 aliphatic rings. The molecule has 0 atom stereocenters. The highest BCUT2D eigenvalue weighted by Crippen LogP contribution is 2.22. The Hall–Kier alpha value is -4.79. The second-order valence-electron chi connectivity index (χ2n) is 8.33. The van der Waals surface area contributed by atoms with E-state index >= 15 is 0 Å². The number of nitrogens with zero attached hydrogens (tertiary/aromatic N) is 5. The van der Waals surface area contributed by atoms with Crippen LogP contribution in [0.15, 0.2) is 61.1 Å². The van der Waals surface area contributed by atoms with E-state index < -0.39 is 0 Å². The summed E-state index contributed by atoms with van der Waals surface area (Å²) >= 11 is 0. The summed E-state index contributed by atoms with van der Waals surface area (Å²) in [6.45, 7) is 1.83. The van der Waals surface area contributed by atoms with Crippen molar-refractivity contribution in [2.45, 2.75) is 6.92 Å². The van der Waals surface area contributed by atoms with Gasteiger partial charge in [-0.25, -0.2) is 4.98 Å². The van der Waals surface area contributed by atoms with Crippen molar-refractivity contribution in [3.05, 3.63) is 95.0 Å². The molecule has 2 aromatic carbocycles. The van der Waals surface area contributed by atoms with Gasteiger partial charge in [0.25, 0.3) is 5.91 Å². The molecule has 0 saturated carbocycles. The Bertz CT molecular complexity index is 1600. The fourth-order valence-electron chi connectivity index (χ4n) is 3.92. The van der Waals surface area contributed by atoms with Gasteiger partial charge < -0.3 is 9.88 Å². The summed E-state index contributed by atoms with van der Waals surface area (Å²) in [4.78, 5) is 30.1. The van der Waals surface area contributed by atoms with E-state index in [9.17, 15) is 9.59 Å². The molecule has 1 amide bonds. The zero-order chi connectivity index (χ0) is 24.5. The predicted octanol–water partition coefficient (Wildman–Crippen LogP) is 3.99. The molecule has 3 heterocycles. The fourth-order valence-corrected chi connectivity index (χ4v) is 3.92. The number of aromatic amines is 1. The Morgan fingerprint density at radius 1 is 1.03 bits per heavy atom. The van der Waals surface area contributed by atoms with Crippen molar-refractivity contribution < 1.29 is 9.59 Å². The van der Waals surface area contributed by atoms with Gasteiger partial charge in [0.05, 0.1) is 28.9 Å². The normalized spacial score (nSPS) is 11.4. The third kappa shape index (κ3) is 4.51. The minimum absolute atomic E-state index is 0.153. The number of carbonyl (C=O) groups excluding carboxylic acids is 2. The number of amides is 1. The molecule has 5 rings (SSSR count). The number of hydrogen-bond acceptors (Lipinski definition) is 5. The van der Waals surface area contributed by atoms with E-state index in [1.165, 1.54) is 4.68 Å². The number of anilines is 1. The van der Waals surface area contributed by atoms with Crippen LogP contribution in [0.2, 0.25) is 0 Å². The average molecular weight is 466 g/mol. The van der Waals surface area contributed by atoms with Gasteiger partial charge in [-0.3, -0.25) is 19.4 Å². The summed E-state index contributed by atoms with van der Waals surface area (Å²) in [6, 6.07) is 14.0. The Kier molecular flexibility index (Phi) is 5.58. The van der Waals surface area contributed by atoms with Crippen LogP contribution in [0.1, 0.15) is 43.5 Å². The first-order valence-electron chi connectivity index (χ1n) is 11.0. The van der Waals surface area contributed by atoms with E-state index in [0.717, 1.165) is 28.0 Å². The lowest BCUT2D eigenvalue weighted by molar-refractivity contribution is 0.101. The van der Waals surface area contributed by atoms with E-state index in [1.807, 2.05) is 43.0 Å². The van der Waals surface area contributed by atoms with Crippen LogP contribution in [-0.2, 0) is 14.1 Å². The molecule has 2 N–H and O–H groups in total. The number of imidazole rings is 1. The van der Waals surface area contributed by atoms with E-state index in [2.05, 4.69) is 25.6 Å². The lowest BCUT2D eigenvalue weighted by Gasteiger charge is -2.08. The van der Waals surface area contributed by atoms with Gasteiger partial charge in [0.2, 0.25) is 0 Å². The van der Waals surface area contributed by atoms with Crippen molar-refractivity contribution in [3.63, 3.8) is 0 Å². The smallest absolute Gasteiger partial charge is 0.273 e. The predicted molar refractivity (Wildman–Crippen MR) is 134 cm³/mol. The standard InChI is InChI=1S/C26H23N7O2/c1-16-11-24(33(3)31-16)26(35)28-19-6-4-5-17(12-19)25(34)18-7-9-21-22(29-30-23(21)13-18)10-8-20-14-32(2)15-27-20/h4-15H,1-3H3,(H,28,35)(H,29,30)/b10-8+. The quantitative estimate of drug-likeness (QED) is 0.369. The van der Waals surface area contributed by atoms with E-state index in [4.69, 9.17) is 0 Å². The van der Waals surface area contributed by atoms with Gasteiger partial charge in [0.1, 0.15) is 5.69 Å². The second-order valence-corrected chi connectivity index (χ2v) is 8.33. The summed E-state index contributed by atoms with van der Waals surface area (Å²) < 4.78 is 3.40. The van der Waals surface area contributed by atoms with Gasteiger partial charge in [0.15, 0.2) is 5.78 Å². The van der Waals surface area contributed by atoms with E-state index in [1.54, 1.807) is 55.8 Å². The molecular formula is C26H23N7O2. The highest BCUT2D eigenvalue weighted by Gasteiger charge is 2.15. The zero-order valence-corrected chi connectivity index (χ0v) is 19.5. The monoisotopic (exact) mass is 465 g/mol. The molecule has 0 fully saturated rings. The van der Waals surface area contributed by atoms with Gasteiger partial charge in [-0.15, -0.1) is 0 Å². The molecule has 0 aliphatic carbocycles. The Balaban J connectivity index is 1.36. The van der Waals surface area contributed by atoms with Crippen molar-refractivity contribution >= 4 is 40.4 Å². The Morgan fingerprint density at radius 2 is 1.86 bits per heavy atom. The minimum atomic E-state index is -0.289. The topological polar surface area (TPSA) is 110 Å². The highest BCUT2D eigenvalue weighted by molar-refractivity contribution is 6.12. The number of rotatable bonds is 6. The number of benzene rings is 2. The van der Waals surface area contributed by atoms with Crippen LogP contribution in [0.4, 0.5) is 5.69 Å². The number of H-pyrrole nitrogens is 1. The van der Waals surface area contributed by atoms with E-state index in [0.29, 0.717) is 22.5 Å². The second kappa shape index (κ2) is 8.86. The first-order chi connectivity index (χ1) is 16.9. The van der Waals surface area contributed by atoms with Crippen LogP contribution in [-0.4, -0.2) is 41.2 Å². The van der Waals surface area contributed by atoms with E-state index in [-0.39, 0.29) is 11.7 Å².